The Bertz CT molecular complexity index is 694. The molecule has 1 heterocycles. The van der Waals surface area contributed by atoms with Gasteiger partial charge in [-0.2, -0.15) is 0 Å². The van der Waals surface area contributed by atoms with E-state index >= 15 is 0 Å². The molecule has 1 amide bonds. The molecule has 7 heteroatoms. The number of hydrogen-bond donors (Lipinski definition) is 1. The lowest BCUT2D eigenvalue weighted by Gasteiger charge is -2.23. The Balaban J connectivity index is 2.05. The highest BCUT2D eigenvalue weighted by Gasteiger charge is 2.20. The highest BCUT2D eigenvalue weighted by Crippen LogP contribution is 2.22. The average molecular weight is 368 g/mol. The maximum absolute atomic E-state index is 12.4. The number of aryl methyl sites for hydroxylation is 1. The summed E-state index contributed by atoms with van der Waals surface area (Å²) < 4.78 is 25.9. The van der Waals surface area contributed by atoms with Crippen molar-refractivity contribution in [1.82, 2.24) is 9.21 Å². The molecule has 2 rings (SSSR count). The fourth-order valence-corrected chi connectivity index (χ4v) is 4.17. The van der Waals surface area contributed by atoms with Crippen molar-refractivity contribution < 1.29 is 13.2 Å². The second-order valence-corrected chi connectivity index (χ2v) is 8.98. The Morgan fingerprint density at radius 3 is 2.32 bits per heavy atom. The predicted octanol–water partition coefficient (Wildman–Crippen LogP) is 2.45. The van der Waals surface area contributed by atoms with Gasteiger partial charge in [0.05, 0.1) is 11.4 Å². The fraction of sp³-hybridized carbons (Fsp3) is 0.611. The molecule has 0 aliphatic carbocycles. The minimum atomic E-state index is -3.53. The molecule has 0 saturated carbocycles. The third-order valence-electron chi connectivity index (χ3n) is 4.55. The van der Waals surface area contributed by atoms with Crippen molar-refractivity contribution in [2.75, 3.05) is 39.0 Å². The highest BCUT2D eigenvalue weighted by atomic mass is 32.2. The van der Waals surface area contributed by atoms with Gasteiger partial charge in [0.2, 0.25) is 15.9 Å². The van der Waals surface area contributed by atoms with Crippen LogP contribution in [0.3, 0.4) is 0 Å². The average Bonchev–Trinajstić information content (AvgIpc) is 2.51. The highest BCUT2D eigenvalue weighted by molar-refractivity contribution is 7.89. The summed E-state index contributed by atoms with van der Waals surface area (Å²) in [7, 11) is -0.526. The number of sulfonamides is 1. The molecular weight excluding hydrogens is 338 g/mol. The van der Waals surface area contributed by atoms with Crippen molar-refractivity contribution in [1.29, 1.82) is 0 Å². The standard InChI is InChI=1S/C18H29N3O3S/c1-15-9-10-16(13-17(15)25(23,24)20(2)3)19-18(22)14-21-11-7-5-4-6-8-12-21/h9-10,13H,4-8,11-12,14H2,1-3H3,(H,19,22). The smallest absolute Gasteiger partial charge is 0.242 e. The molecule has 1 fully saturated rings. The van der Waals surface area contributed by atoms with Crippen LogP contribution in [0.25, 0.3) is 0 Å². The van der Waals surface area contributed by atoms with E-state index in [1.165, 1.54) is 43.7 Å². The first-order valence-corrected chi connectivity index (χ1v) is 10.3. The molecule has 0 atom stereocenters. The lowest BCUT2D eigenvalue weighted by molar-refractivity contribution is -0.117. The van der Waals surface area contributed by atoms with E-state index in [1.54, 1.807) is 19.1 Å². The molecule has 1 aromatic carbocycles. The van der Waals surface area contributed by atoms with Crippen molar-refractivity contribution in [3.63, 3.8) is 0 Å². The number of likely N-dealkylation sites (tertiary alicyclic amines) is 1. The minimum absolute atomic E-state index is 0.0994. The Morgan fingerprint density at radius 1 is 1.12 bits per heavy atom. The number of anilines is 1. The molecule has 0 aromatic heterocycles. The summed E-state index contributed by atoms with van der Waals surface area (Å²) >= 11 is 0. The first-order valence-electron chi connectivity index (χ1n) is 8.86. The molecule has 0 unspecified atom stereocenters. The number of hydrogen-bond acceptors (Lipinski definition) is 4. The van der Waals surface area contributed by atoms with Crippen LogP contribution in [0.4, 0.5) is 5.69 Å². The van der Waals surface area contributed by atoms with Crippen LogP contribution in [-0.2, 0) is 14.8 Å². The van der Waals surface area contributed by atoms with Gasteiger partial charge in [-0.05, 0) is 50.6 Å². The molecule has 1 N–H and O–H groups in total. The van der Waals surface area contributed by atoms with Crippen molar-refractivity contribution in [2.24, 2.45) is 0 Å². The molecule has 1 aliphatic heterocycles. The van der Waals surface area contributed by atoms with Gasteiger partial charge in [-0.1, -0.05) is 25.3 Å². The van der Waals surface area contributed by atoms with Gasteiger partial charge in [0.15, 0.2) is 0 Å². The van der Waals surface area contributed by atoms with Gasteiger partial charge in [-0.25, -0.2) is 12.7 Å². The van der Waals surface area contributed by atoms with Crippen LogP contribution in [0.15, 0.2) is 23.1 Å². The van der Waals surface area contributed by atoms with Crippen LogP contribution < -0.4 is 5.32 Å². The van der Waals surface area contributed by atoms with Gasteiger partial charge in [0, 0.05) is 19.8 Å². The first-order chi connectivity index (χ1) is 11.8. The number of rotatable bonds is 5. The molecule has 1 saturated heterocycles. The van der Waals surface area contributed by atoms with Gasteiger partial charge in [-0.3, -0.25) is 9.69 Å². The zero-order valence-electron chi connectivity index (χ0n) is 15.4. The maximum Gasteiger partial charge on any atom is 0.242 e. The van der Waals surface area contributed by atoms with Crippen molar-refractivity contribution in [2.45, 2.75) is 43.9 Å². The largest absolute Gasteiger partial charge is 0.325 e. The number of nitrogens with one attached hydrogen (secondary N) is 1. The van der Waals surface area contributed by atoms with E-state index in [2.05, 4.69) is 10.2 Å². The van der Waals surface area contributed by atoms with Crippen molar-refractivity contribution >= 4 is 21.6 Å². The quantitative estimate of drug-likeness (QED) is 0.868. The Hall–Kier alpha value is -1.44. The van der Waals surface area contributed by atoms with Crippen LogP contribution in [0, 0.1) is 6.92 Å². The Labute approximate surface area is 151 Å². The monoisotopic (exact) mass is 367 g/mol. The Kier molecular flexibility index (Phi) is 6.98. The van der Waals surface area contributed by atoms with Gasteiger partial charge in [0.25, 0.3) is 0 Å². The predicted molar refractivity (Wildman–Crippen MR) is 100 cm³/mol. The lowest BCUT2D eigenvalue weighted by atomic mass is 10.1. The first kappa shape index (κ1) is 19.9. The SMILES string of the molecule is Cc1ccc(NC(=O)CN2CCCCCCC2)cc1S(=O)(=O)N(C)C. The normalized spacial score (nSPS) is 17.1. The molecule has 1 aliphatic rings. The van der Waals surface area contributed by atoms with Gasteiger partial charge >= 0.3 is 0 Å². The topological polar surface area (TPSA) is 69.7 Å². The minimum Gasteiger partial charge on any atom is -0.325 e. The van der Waals surface area contributed by atoms with E-state index in [0.717, 1.165) is 25.9 Å². The maximum atomic E-state index is 12.4. The number of benzene rings is 1. The summed E-state index contributed by atoms with van der Waals surface area (Å²) in [6.45, 7) is 4.00. The third-order valence-corrected chi connectivity index (χ3v) is 6.50. The second-order valence-electron chi connectivity index (χ2n) is 6.86. The van der Waals surface area contributed by atoms with E-state index in [-0.39, 0.29) is 10.8 Å². The molecule has 6 nitrogen and oxygen atoms in total. The molecule has 1 aromatic rings. The van der Waals surface area contributed by atoms with Crippen LogP contribution >= 0.6 is 0 Å². The second kappa shape index (κ2) is 8.78. The number of nitrogens with zero attached hydrogens (tertiary/aromatic N) is 2. The zero-order chi connectivity index (χ0) is 18.4. The van der Waals surface area contributed by atoms with Crippen molar-refractivity contribution in [3.05, 3.63) is 23.8 Å². The van der Waals surface area contributed by atoms with E-state index in [4.69, 9.17) is 0 Å². The molecular formula is C18H29N3O3S. The summed E-state index contributed by atoms with van der Waals surface area (Å²) in [5.41, 5.74) is 1.18. The van der Waals surface area contributed by atoms with Gasteiger partial charge in [0.1, 0.15) is 0 Å². The van der Waals surface area contributed by atoms with Crippen LogP contribution in [0.2, 0.25) is 0 Å². The number of carbonyl (C=O) groups excluding carboxylic acids is 1. The summed E-state index contributed by atoms with van der Waals surface area (Å²) in [5.74, 6) is -0.0994. The molecule has 0 bridgehead atoms. The molecule has 25 heavy (non-hydrogen) atoms. The molecule has 140 valence electrons. The molecule has 0 radical (unpaired) electrons. The van der Waals surface area contributed by atoms with Crippen molar-refractivity contribution in [3.8, 4) is 0 Å². The van der Waals surface area contributed by atoms with Crippen LogP contribution in [0.5, 0.6) is 0 Å². The fourth-order valence-electron chi connectivity index (χ4n) is 3.03. The summed E-state index contributed by atoms with van der Waals surface area (Å²) in [6.07, 6.45) is 5.99. The van der Waals surface area contributed by atoms with Crippen LogP contribution in [-0.4, -0.2) is 57.3 Å². The summed E-state index contributed by atoms with van der Waals surface area (Å²) in [4.78, 5) is 14.8. The third kappa shape index (κ3) is 5.52. The summed E-state index contributed by atoms with van der Waals surface area (Å²) in [5, 5.41) is 2.84. The zero-order valence-corrected chi connectivity index (χ0v) is 16.2. The van der Waals surface area contributed by atoms with E-state index < -0.39 is 10.0 Å². The van der Waals surface area contributed by atoms with Gasteiger partial charge in [-0.15, -0.1) is 0 Å². The summed E-state index contributed by atoms with van der Waals surface area (Å²) in [6, 6.07) is 5.01. The van der Waals surface area contributed by atoms with E-state index in [1.807, 2.05) is 0 Å². The number of amides is 1. The molecule has 0 spiro atoms. The lowest BCUT2D eigenvalue weighted by Crippen LogP contribution is -2.35. The Morgan fingerprint density at radius 2 is 1.72 bits per heavy atom. The van der Waals surface area contributed by atoms with Crippen LogP contribution in [0.1, 0.15) is 37.7 Å². The van der Waals surface area contributed by atoms with E-state index in [9.17, 15) is 13.2 Å². The number of carbonyl (C=O) groups is 1. The van der Waals surface area contributed by atoms with Gasteiger partial charge < -0.3 is 5.32 Å². The van der Waals surface area contributed by atoms with E-state index in [0.29, 0.717) is 17.8 Å².